The van der Waals surface area contributed by atoms with E-state index in [1.165, 1.54) is 0 Å². The fourth-order valence-corrected chi connectivity index (χ4v) is 4.89. The molecule has 2 heterocycles. The molecule has 1 unspecified atom stereocenters. The largest absolute Gasteiger partial charge is 0.352 e. The van der Waals surface area contributed by atoms with Crippen molar-refractivity contribution in [2.45, 2.75) is 37.6 Å². The van der Waals surface area contributed by atoms with Gasteiger partial charge < -0.3 is 10.6 Å². The van der Waals surface area contributed by atoms with E-state index in [-0.39, 0.29) is 24.2 Å². The van der Waals surface area contributed by atoms with Crippen LogP contribution in [0.15, 0.2) is 29.2 Å². The summed E-state index contributed by atoms with van der Waals surface area (Å²) in [5, 5.41) is 6.11. The molecule has 146 valence electrons. The molecule has 0 bridgehead atoms. The van der Waals surface area contributed by atoms with E-state index in [1.54, 1.807) is 22.5 Å². The van der Waals surface area contributed by atoms with Gasteiger partial charge in [0.25, 0.3) is 0 Å². The summed E-state index contributed by atoms with van der Waals surface area (Å²) in [5.74, 6) is 0.392. The van der Waals surface area contributed by atoms with Crippen molar-refractivity contribution in [2.24, 2.45) is 11.8 Å². The van der Waals surface area contributed by atoms with Gasteiger partial charge in [-0.15, -0.1) is 12.4 Å². The van der Waals surface area contributed by atoms with Gasteiger partial charge in [-0.2, -0.15) is 4.31 Å². The highest BCUT2D eigenvalue weighted by Crippen LogP contribution is 2.21. The first-order valence-corrected chi connectivity index (χ1v) is 10.5. The van der Waals surface area contributed by atoms with Crippen molar-refractivity contribution in [2.75, 3.05) is 26.2 Å². The van der Waals surface area contributed by atoms with E-state index in [9.17, 15) is 13.2 Å². The Morgan fingerprint density at radius 3 is 2.58 bits per heavy atom. The summed E-state index contributed by atoms with van der Waals surface area (Å²) in [5.41, 5.74) is 0.811. The number of halogens is 1. The van der Waals surface area contributed by atoms with Crippen LogP contribution in [0, 0.1) is 11.8 Å². The molecule has 2 aliphatic rings. The second-order valence-electron chi connectivity index (χ2n) is 7.04. The third-order valence-corrected chi connectivity index (χ3v) is 7.15. The maximum atomic E-state index is 12.8. The standard InChI is InChI=1S/C18H27N3O3S.ClH/c1-14(16-12-19-13-16)18(22)20-11-15-6-5-7-17(10-15)25(23,24)21-8-3-2-4-9-21;/h5-7,10,14,16,19H,2-4,8-9,11-13H2,1H3,(H,20,22);1H. The van der Waals surface area contributed by atoms with Gasteiger partial charge in [0.15, 0.2) is 0 Å². The zero-order chi connectivity index (χ0) is 17.9. The molecule has 2 N–H and O–H groups in total. The van der Waals surface area contributed by atoms with Crippen molar-refractivity contribution in [1.82, 2.24) is 14.9 Å². The molecule has 0 aliphatic carbocycles. The molecule has 26 heavy (non-hydrogen) atoms. The smallest absolute Gasteiger partial charge is 0.243 e. The maximum absolute atomic E-state index is 12.8. The number of rotatable bonds is 6. The molecule has 0 saturated carbocycles. The molecule has 0 spiro atoms. The van der Waals surface area contributed by atoms with Gasteiger partial charge in [0, 0.05) is 25.6 Å². The van der Waals surface area contributed by atoms with E-state index in [1.807, 2.05) is 13.0 Å². The van der Waals surface area contributed by atoms with Gasteiger partial charge >= 0.3 is 0 Å². The molecule has 1 aromatic rings. The van der Waals surface area contributed by atoms with Gasteiger partial charge in [-0.05, 0) is 49.5 Å². The molecule has 1 amide bonds. The summed E-state index contributed by atoms with van der Waals surface area (Å²) in [6, 6.07) is 6.92. The number of nitrogens with one attached hydrogen (secondary N) is 2. The van der Waals surface area contributed by atoms with Crippen LogP contribution in [0.5, 0.6) is 0 Å². The van der Waals surface area contributed by atoms with E-state index in [4.69, 9.17) is 0 Å². The molecule has 1 aromatic carbocycles. The van der Waals surface area contributed by atoms with E-state index >= 15 is 0 Å². The molecule has 6 nitrogen and oxygen atoms in total. The monoisotopic (exact) mass is 401 g/mol. The fourth-order valence-electron chi connectivity index (χ4n) is 3.30. The number of nitrogens with zero attached hydrogens (tertiary/aromatic N) is 1. The van der Waals surface area contributed by atoms with Crippen LogP contribution in [0.1, 0.15) is 31.7 Å². The van der Waals surface area contributed by atoms with Crippen molar-refractivity contribution >= 4 is 28.3 Å². The predicted molar refractivity (Wildman–Crippen MR) is 104 cm³/mol. The Bertz CT molecular complexity index is 716. The van der Waals surface area contributed by atoms with Gasteiger partial charge in [-0.25, -0.2) is 8.42 Å². The fraction of sp³-hybridized carbons (Fsp3) is 0.611. The zero-order valence-corrected chi connectivity index (χ0v) is 16.7. The average molecular weight is 402 g/mol. The minimum absolute atomic E-state index is 0. The number of carbonyl (C=O) groups excluding carboxylic acids is 1. The molecule has 2 saturated heterocycles. The summed E-state index contributed by atoms with van der Waals surface area (Å²) >= 11 is 0. The number of hydrogen-bond acceptors (Lipinski definition) is 4. The second kappa shape index (κ2) is 9.17. The summed E-state index contributed by atoms with van der Waals surface area (Å²) in [6.45, 7) is 5.26. The van der Waals surface area contributed by atoms with Crippen molar-refractivity contribution in [3.63, 3.8) is 0 Å². The van der Waals surface area contributed by atoms with Gasteiger partial charge in [-0.3, -0.25) is 4.79 Å². The lowest BCUT2D eigenvalue weighted by Gasteiger charge is -2.31. The Balaban J connectivity index is 0.00000243. The van der Waals surface area contributed by atoms with Crippen molar-refractivity contribution in [3.8, 4) is 0 Å². The predicted octanol–water partition coefficient (Wildman–Crippen LogP) is 1.75. The molecule has 2 fully saturated rings. The first kappa shape index (κ1) is 21.2. The lowest BCUT2D eigenvalue weighted by Crippen LogP contribution is -2.49. The molecule has 8 heteroatoms. The number of carbonyl (C=O) groups is 1. The third kappa shape index (κ3) is 4.76. The highest BCUT2D eigenvalue weighted by molar-refractivity contribution is 7.89. The van der Waals surface area contributed by atoms with Crippen LogP contribution in [0.2, 0.25) is 0 Å². The van der Waals surface area contributed by atoms with E-state index in [0.717, 1.165) is 37.9 Å². The van der Waals surface area contributed by atoms with Gasteiger partial charge in [0.05, 0.1) is 4.90 Å². The Kier molecular flexibility index (Phi) is 7.46. The lowest BCUT2D eigenvalue weighted by atomic mass is 9.88. The summed E-state index contributed by atoms with van der Waals surface area (Å²) < 4.78 is 27.1. The Hall–Kier alpha value is -1.15. The average Bonchev–Trinajstić information content (AvgIpc) is 2.59. The summed E-state index contributed by atoms with van der Waals surface area (Å²) in [4.78, 5) is 12.5. The topological polar surface area (TPSA) is 78.5 Å². The van der Waals surface area contributed by atoms with Crippen LogP contribution in [0.3, 0.4) is 0 Å². The summed E-state index contributed by atoms with van der Waals surface area (Å²) in [6.07, 6.45) is 2.93. The highest BCUT2D eigenvalue weighted by atomic mass is 35.5. The quantitative estimate of drug-likeness (QED) is 0.761. The molecule has 3 rings (SSSR count). The SMILES string of the molecule is CC(C(=O)NCc1cccc(S(=O)(=O)N2CCCCC2)c1)C1CNC1.Cl. The first-order valence-electron chi connectivity index (χ1n) is 9.06. The Labute approximate surface area is 162 Å². The van der Waals surface area contributed by atoms with Crippen molar-refractivity contribution < 1.29 is 13.2 Å². The zero-order valence-electron chi connectivity index (χ0n) is 15.1. The molecule has 1 atom stereocenters. The second-order valence-corrected chi connectivity index (χ2v) is 8.97. The van der Waals surface area contributed by atoms with E-state index in [2.05, 4.69) is 10.6 Å². The molecule has 0 aromatic heterocycles. The van der Waals surface area contributed by atoms with Crippen LogP contribution in [0.25, 0.3) is 0 Å². The summed E-state index contributed by atoms with van der Waals surface area (Å²) in [7, 11) is -3.44. The minimum Gasteiger partial charge on any atom is -0.352 e. The molecule has 0 radical (unpaired) electrons. The number of sulfonamides is 1. The van der Waals surface area contributed by atoms with Gasteiger partial charge in [0.1, 0.15) is 0 Å². The van der Waals surface area contributed by atoms with Crippen molar-refractivity contribution in [3.05, 3.63) is 29.8 Å². The molecular weight excluding hydrogens is 374 g/mol. The maximum Gasteiger partial charge on any atom is 0.243 e. The Morgan fingerprint density at radius 1 is 1.27 bits per heavy atom. The normalized spacial score (nSPS) is 19.9. The highest BCUT2D eigenvalue weighted by Gasteiger charge is 2.29. The number of benzene rings is 1. The number of hydrogen-bond donors (Lipinski definition) is 2. The first-order chi connectivity index (χ1) is 12.0. The molecular formula is C18H28ClN3O3S. The number of amides is 1. The van der Waals surface area contributed by atoms with Gasteiger partial charge in [-0.1, -0.05) is 25.5 Å². The van der Waals surface area contributed by atoms with E-state index < -0.39 is 10.0 Å². The molecule has 2 aliphatic heterocycles. The van der Waals surface area contributed by atoms with Crippen LogP contribution in [-0.4, -0.2) is 44.8 Å². The van der Waals surface area contributed by atoms with Crippen molar-refractivity contribution in [1.29, 1.82) is 0 Å². The third-order valence-electron chi connectivity index (χ3n) is 5.25. The van der Waals surface area contributed by atoms with Crippen LogP contribution in [0.4, 0.5) is 0 Å². The van der Waals surface area contributed by atoms with Crippen LogP contribution < -0.4 is 10.6 Å². The van der Waals surface area contributed by atoms with Crippen LogP contribution in [-0.2, 0) is 21.4 Å². The lowest BCUT2D eigenvalue weighted by molar-refractivity contribution is -0.126. The minimum atomic E-state index is -3.44. The van der Waals surface area contributed by atoms with E-state index in [0.29, 0.717) is 30.4 Å². The van der Waals surface area contributed by atoms with Gasteiger partial charge in [0.2, 0.25) is 15.9 Å². The van der Waals surface area contributed by atoms with Crippen LogP contribution >= 0.6 is 12.4 Å². The number of piperidine rings is 1. The Morgan fingerprint density at radius 2 is 1.96 bits per heavy atom.